The van der Waals surface area contributed by atoms with Crippen molar-refractivity contribution in [1.29, 1.82) is 0 Å². The molecule has 120 valence electrons. The smallest absolute Gasteiger partial charge is 0.394 e. The minimum Gasteiger partial charge on any atom is -0.412 e. The molecular weight excluding hydrogens is 310 g/mol. The molecule has 0 bridgehead atoms. The summed E-state index contributed by atoms with van der Waals surface area (Å²) < 4.78 is 31.6. The first-order chi connectivity index (χ1) is 2.00. The maximum atomic E-state index is 8.74. The normalized spacial score (nSPS) is 3.62. The van der Waals surface area contributed by atoms with E-state index in [1.54, 1.807) is 0 Å². The summed E-state index contributed by atoms with van der Waals surface area (Å²) in [6.45, 7) is 0. The molecule has 0 spiro atoms. The topological polar surface area (TPSA) is 393 Å². The fraction of sp³-hybridized carbons (Fsp3) is 0. The molecule has 0 fully saturated rings. The zero-order chi connectivity index (χ0) is 4.50. The van der Waals surface area contributed by atoms with Gasteiger partial charge in [0.05, 0.1) is 0 Å². The first-order valence-corrected chi connectivity index (χ1v) is 2.10. The van der Waals surface area contributed by atoms with Crippen LogP contribution in [0, 0.1) is 0 Å². The molecule has 0 radical (unpaired) electrons. The van der Waals surface area contributed by atoms with Crippen LogP contribution >= 0.6 is 0 Å². The molecule has 0 rings (SSSR count). The average molecular weight is 333 g/mol. The Labute approximate surface area is 101 Å². The van der Waals surface area contributed by atoms with E-state index in [2.05, 4.69) is 0 Å². The Morgan fingerprint density at radius 1 is 0.562 bits per heavy atom. The van der Waals surface area contributed by atoms with Crippen molar-refractivity contribution < 1.29 is 83.9 Å². The van der Waals surface area contributed by atoms with E-state index >= 15 is 0 Å². The number of hydrogen-bond donors (Lipinski definition) is 3. The van der Waals surface area contributed by atoms with Crippen LogP contribution in [0.2, 0.25) is 0 Å². The van der Waals surface area contributed by atoms with Crippen LogP contribution in [0.5, 0.6) is 0 Å². The third-order valence-corrected chi connectivity index (χ3v) is 0. The van der Waals surface area contributed by atoms with Gasteiger partial charge in [0, 0.05) is 17.1 Å². The van der Waals surface area contributed by atoms with Crippen molar-refractivity contribution in [2.75, 3.05) is 0 Å². The monoisotopic (exact) mass is 333 g/mol. The van der Waals surface area contributed by atoms with Crippen LogP contribution in [0.25, 0.3) is 0 Å². The molecule has 0 atom stereocenters. The molecule has 0 aromatic rings. The summed E-state index contributed by atoms with van der Waals surface area (Å²) in [5.74, 6) is 0. The molecule has 0 unspecified atom stereocenters. The standard InChI is InChI=1S/Fe.H3N.H2O4S.9H2O/c;;1-5(2,3)4;;;;;;;;;/h;1H3;(H2,1,2,3,4);9*1H2. The number of hydrogen-bond acceptors (Lipinski definition) is 3. The minimum absolute atomic E-state index is 0. The van der Waals surface area contributed by atoms with Gasteiger partial charge in [-0.2, -0.15) is 8.42 Å². The fourth-order valence-electron chi connectivity index (χ4n) is 0. The Bertz CT molecular complexity index is 99.1. The first-order valence-electron chi connectivity index (χ1n) is 0.698. The second-order valence-electron chi connectivity index (χ2n) is 0.448. The molecule has 0 aliphatic rings. The first kappa shape index (κ1) is 226. The van der Waals surface area contributed by atoms with Crippen molar-refractivity contribution >= 4 is 10.4 Å². The zero-order valence-corrected chi connectivity index (χ0v) is 9.60. The molecule has 0 saturated carbocycles. The molecule has 23 N–H and O–H groups in total. The Balaban J connectivity index is -0.00000000145. The van der Waals surface area contributed by atoms with Crippen LogP contribution in [0.3, 0.4) is 0 Å². The molecule has 14 nitrogen and oxygen atoms in total. The van der Waals surface area contributed by atoms with E-state index < -0.39 is 10.4 Å². The van der Waals surface area contributed by atoms with Crippen molar-refractivity contribution in [1.82, 2.24) is 6.15 Å². The molecule has 0 aromatic carbocycles. The van der Waals surface area contributed by atoms with Gasteiger partial charge in [-0.1, -0.05) is 0 Å². The maximum absolute atomic E-state index is 8.74. The van der Waals surface area contributed by atoms with E-state index in [0.717, 1.165) is 0 Å². The van der Waals surface area contributed by atoms with Gasteiger partial charge < -0.3 is 55.4 Å². The molecule has 16 heavy (non-hydrogen) atoms. The predicted octanol–water partition coefficient (Wildman–Crippen LogP) is -7.92. The Morgan fingerprint density at radius 3 is 0.562 bits per heavy atom. The zero-order valence-electron chi connectivity index (χ0n) is 7.68. The number of rotatable bonds is 0. The SMILES string of the molecule is N.O.O.O.O.O.O.O.O.O.O=S(=O)(O)O.[Fe]. The average Bonchev–Trinajstić information content (AvgIpc) is 0.722. The fourth-order valence-corrected chi connectivity index (χ4v) is 0. The molecule has 0 heterocycles. The van der Waals surface area contributed by atoms with E-state index in [0.29, 0.717) is 0 Å². The van der Waals surface area contributed by atoms with Crippen molar-refractivity contribution in [3.63, 3.8) is 0 Å². The van der Waals surface area contributed by atoms with Crippen LogP contribution in [0.15, 0.2) is 0 Å². The quantitative estimate of drug-likeness (QED) is 0.286. The Kier molecular flexibility index (Phi) is 1150. The predicted molar refractivity (Wildman–Crippen MR) is 51.7 cm³/mol. The van der Waals surface area contributed by atoms with Crippen LogP contribution in [0.1, 0.15) is 0 Å². The molecule has 16 heteroatoms. The van der Waals surface area contributed by atoms with Gasteiger partial charge in [-0.15, -0.1) is 0 Å². The maximum Gasteiger partial charge on any atom is 0.394 e. The van der Waals surface area contributed by atoms with Crippen LogP contribution in [0.4, 0.5) is 0 Å². The van der Waals surface area contributed by atoms with Crippen LogP contribution in [-0.2, 0) is 27.5 Å². The van der Waals surface area contributed by atoms with Crippen LogP contribution < -0.4 is 6.15 Å². The van der Waals surface area contributed by atoms with Crippen molar-refractivity contribution in [2.24, 2.45) is 0 Å². The molecule has 0 saturated heterocycles. The molecule has 0 aliphatic heterocycles. The largest absolute Gasteiger partial charge is 0.412 e. The van der Waals surface area contributed by atoms with Crippen molar-refractivity contribution in [3.05, 3.63) is 0 Å². The third kappa shape index (κ3) is 21300000. The summed E-state index contributed by atoms with van der Waals surface area (Å²) in [5, 5.41) is 0. The van der Waals surface area contributed by atoms with E-state index in [9.17, 15) is 0 Å². The summed E-state index contributed by atoms with van der Waals surface area (Å²) in [6, 6.07) is 0. The second kappa shape index (κ2) is 81.8. The molecular formula is H23FeNO13S. The van der Waals surface area contributed by atoms with Gasteiger partial charge in [0.15, 0.2) is 0 Å². The van der Waals surface area contributed by atoms with Crippen LogP contribution in [-0.4, -0.2) is 66.8 Å². The minimum atomic E-state index is -4.67. The van der Waals surface area contributed by atoms with Gasteiger partial charge in [0.2, 0.25) is 0 Å². The van der Waals surface area contributed by atoms with E-state index in [-0.39, 0.29) is 72.5 Å². The summed E-state index contributed by atoms with van der Waals surface area (Å²) >= 11 is 0. The van der Waals surface area contributed by atoms with Crippen molar-refractivity contribution in [3.8, 4) is 0 Å². The van der Waals surface area contributed by atoms with Gasteiger partial charge in [-0.05, 0) is 0 Å². The van der Waals surface area contributed by atoms with Gasteiger partial charge in [-0.3, -0.25) is 9.11 Å². The summed E-state index contributed by atoms with van der Waals surface area (Å²) in [6.07, 6.45) is 0. The summed E-state index contributed by atoms with van der Waals surface area (Å²) in [4.78, 5) is 0. The molecule has 0 aromatic heterocycles. The summed E-state index contributed by atoms with van der Waals surface area (Å²) in [5.41, 5.74) is 0. The van der Waals surface area contributed by atoms with Gasteiger partial charge in [-0.25, -0.2) is 0 Å². The summed E-state index contributed by atoms with van der Waals surface area (Å²) in [7, 11) is -4.67. The van der Waals surface area contributed by atoms with E-state index in [4.69, 9.17) is 17.5 Å². The van der Waals surface area contributed by atoms with Crippen molar-refractivity contribution in [2.45, 2.75) is 0 Å². The Morgan fingerprint density at radius 2 is 0.562 bits per heavy atom. The van der Waals surface area contributed by atoms with E-state index in [1.807, 2.05) is 0 Å². The second-order valence-corrected chi connectivity index (χ2v) is 1.34. The van der Waals surface area contributed by atoms with Gasteiger partial charge >= 0.3 is 10.4 Å². The van der Waals surface area contributed by atoms with Gasteiger partial charge in [0.1, 0.15) is 0 Å². The molecule has 0 aliphatic carbocycles. The Hall–Kier alpha value is -0.0105. The third-order valence-electron chi connectivity index (χ3n) is 0. The van der Waals surface area contributed by atoms with Gasteiger partial charge in [0.25, 0.3) is 0 Å². The molecule has 0 amide bonds. The van der Waals surface area contributed by atoms with E-state index in [1.165, 1.54) is 0 Å².